The number of nitrogens with two attached hydrogens (primary N) is 1. The van der Waals surface area contributed by atoms with Crippen LogP contribution in [-0.4, -0.2) is 34.9 Å². The van der Waals surface area contributed by atoms with Crippen molar-refractivity contribution in [2.75, 3.05) is 13.1 Å². The predicted molar refractivity (Wildman–Crippen MR) is 117 cm³/mol. The zero-order valence-electron chi connectivity index (χ0n) is 17.0. The van der Waals surface area contributed by atoms with Crippen LogP contribution in [0.4, 0.5) is 4.39 Å². The van der Waals surface area contributed by atoms with Gasteiger partial charge in [0.1, 0.15) is 5.82 Å². The third-order valence-electron chi connectivity index (χ3n) is 5.63. The standard InChI is InChI=1S/C23H24FN3O2.ClH/c1-23(2)14-27(12-11-20(23)25)22(28)16-8-4-3-7-15(16)21-26-13-19(29-21)17-9-5-6-10-18(17)24;/h3-10,13,20H,11-12,14,25H2,1-2H3;1H. The topological polar surface area (TPSA) is 72.4 Å². The molecule has 1 amide bonds. The Labute approximate surface area is 181 Å². The maximum absolute atomic E-state index is 14.1. The molecule has 4 rings (SSSR count). The summed E-state index contributed by atoms with van der Waals surface area (Å²) in [5.74, 6) is 0.156. The molecule has 2 aromatic carbocycles. The summed E-state index contributed by atoms with van der Waals surface area (Å²) in [6.45, 7) is 5.37. The monoisotopic (exact) mass is 429 g/mol. The van der Waals surface area contributed by atoms with Crippen LogP contribution in [0.3, 0.4) is 0 Å². The molecule has 2 heterocycles. The van der Waals surface area contributed by atoms with Crippen LogP contribution >= 0.6 is 12.4 Å². The van der Waals surface area contributed by atoms with Crippen molar-refractivity contribution in [3.05, 3.63) is 66.1 Å². The Morgan fingerprint density at radius 1 is 1.17 bits per heavy atom. The Hall–Kier alpha value is -2.70. The zero-order valence-corrected chi connectivity index (χ0v) is 17.8. The summed E-state index contributed by atoms with van der Waals surface area (Å²) in [6, 6.07) is 13.6. The van der Waals surface area contributed by atoms with E-state index in [0.29, 0.717) is 41.4 Å². The third kappa shape index (κ3) is 4.11. The van der Waals surface area contributed by atoms with E-state index in [1.807, 2.05) is 17.0 Å². The van der Waals surface area contributed by atoms with Gasteiger partial charge in [-0.25, -0.2) is 9.37 Å². The molecule has 1 saturated heterocycles. The summed E-state index contributed by atoms with van der Waals surface area (Å²) in [7, 11) is 0. The molecule has 158 valence electrons. The maximum atomic E-state index is 14.1. The molecule has 0 bridgehead atoms. The number of oxazole rings is 1. The minimum atomic E-state index is -0.383. The number of halogens is 2. The summed E-state index contributed by atoms with van der Waals surface area (Å²) in [4.78, 5) is 19.4. The van der Waals surface area contributed by atoms with E-state index in [-0.39, 0.29) is 35.6 Å². The van der Waals surface area contributed by atoms with E-state index >= 15 is 0 Å². The highest BCUT2D eigenvalue weighted by Gasteiger charge is 2.36. The van der Waals surface area contributed by atoms with Crippen molar-refractivity contribution in [1.29, 1.82) is 0 Å². The number of benzene rings is 2. The van der Waals surface area contributed by atoms with Gasteiger partial charge in [0.05, 0.1) is 17.3 Å². The highest BCUT2D eigenvalue weighted by atomic mass is 35.5. The van der Waals surface area contributed by atoms with E-state index in [0.717, 1.165) is 6.42 Å². The number of carbonyl (C=O) groups excluding carboxylic acids is 1. The third-order valence-corrected chi connectivity index (χ3v) is 5.63. The summed E-state index contributed by atoms with van der Waals surface area (Å²) in [5.41, 5.74) is 7.50. The molecular weight excluding hydrogens is 405 g/mol. The molecule has 1 unspecified atom stereocenters. The van der Waals surface area contributed by atoms with Crippen molar-refractivity contribution in [3.8, 4) is 22.8 Å². The minimum absolute atomic E-state index is 0. The van der Waals surface area contributed by atoms with Gasteiger partial charge in [-0.15, -0.1) is 12.4 Å². The summed E-state index contributed by atoms with van der Waals surface area (Å²) < 4.78 is 19.9. The molecule has 0 saturated carbocycles. The molecule has 7 heteroatoms. The molecule has 0 aliphatic carbocycles. The van der Waals surface area contributed by atoms with E-state index < -0.39 is 0 Å². The molecule has 3 aromatic rings. The van der Waals surface area contributed by atoms with Gasteiger partial charge >= 0.3 is 0 Å². The van der Waals surface area contributed by atoms with Crippen LogP contribution in [-0.2, 0) is 0 Å². The number of carbonyl (C=O) groups is 1. The number of amides is 1. The predicted octanol–water partition coefficient (Wildman–Crippen LogP) is 4.77. The molecule has 1 atom stereocenters. The first kappa shape index (κ1) is 22.0. The van der Waals surface area contributed by atoms with Gasteiger partial charge in [0.25, 0.3) is 5.91 Å². The lowest BCUT2D eigenvalue weighted by molar-refractivity contribution is 0.0533. The van der Waals surface area contributed by atoms with E-state index in [1.54, 1.807) is 30.3 Å². The van der Waals surface area contributed by atoms with Crippen LogP contribution in [0.5, 0.6) is 0 Å². The van der Waals surface area contributed by atoms with E-state index in [1.165, 1.54) is 12.3 Å². The Bertz CT molecular complexity index is 1050. The average Bonchev–Trinajstić information content (AvgIpc) is 3.19. The Balaban J connectivity index is 0.00000256. The molecule has 0 spiro atoms. The number of rotatable bonds is 3. The number of aromatic nitrogens is 1. The van der Waals surface area contributed by atoms with Gasteiger partial charge in [-0.2, -0.15) is 0 Å². The van der Waals surface area contributed by atoms with Crippen molar-refractivity contribution in [2.24, 2.45) is 11.1 Å². The van der Waals surface area contributed by atoms with Crippen LogP contribution < -0.4 is 5.73 Å². The second-order valence-electron chi connectivity index (χ2n) is 8.17. The molecule has 1 aromatic heterocycles. The molecule has 1 aliphatic heterocycles. The molecule has 1 fully saturated rings. The van der Waals surface area contributed by atoms with Crippen LogP contribution in [0.15, 0.2) is 59.1 Å². The van der Waals surface area contributed by atoms with Gasteiger partial charge in [-0.05, 0) is 36.1 Å². The lowest BCUT2D eigenvalue weighted by Gasteiger charge is -2.42. The molecule has 5 nitrogen and oxygen atoms in total. The van der Waals surface area contributed by atoms with Gasteiger partial charge in [0, 0.05) is 24.7 Å². The highest BCUT2D eigenvalue weighted by molar-refractivity contribution is 6.00. The van der Waals surface area contributed by atoms with Gasteiger partial charge in [-0.1, -0.05) is 38.1 Å². The molecule has 2 N–H and O–H groups in total. The van der Waals surface area contributed by atoms with Gasteiger partial charge in [0.15, 0.2) is 5.76 Å². The summed E-state index contributed by atoms with van der Waals surface area (Å²) in [6.07, 6.45) is 2.25. The molecule has 0 radical (unpaired) electrons. The fraction of sp³-hybridized carbons (Fsp3) is 0.304. The van der Waals surface area contributed by atoms with Crippen LogP contribution in [0.25, 0.3) is 22.8 Å². The second kappa shape index (κ2) is 8.58. The fourth-order valence-corrected chi connectivity index (χ4v) is 3.76. The van der Waals surface area contributed by atoms with Crippen molar-refractivity contribution in [2.45, 2.75) is 26.3 Å². The fourth-order valence-electron chi connectivity index (χ4n) is 3.76. The van der Waals surface area contributed by atoms with E-state index in [4.69, 9.17) is 10.2 Å². The normalized spacial score (nSPS) is 18.0. The quantitative estimate of drug-likeness (QED) is 0.651. The molecule has 1 aliphatic rings. The largest absolute Gasteiger partial charge is 0.436 e. The number of hydrogen-bond donors (Lipinski definition) is 1. The van der Waals surface area contributed by atoms with Crippen molar-refractivity contribution in [3.63, 3.8) is 0 Å². The Morgan fingerprint density at radius 3 is 2.53 bits per heavy atom. The molecule has 30 heavy (non-hydrogen) atoms. The smallest absolute Gasteiger partial charge is 0.254 e. The number of likely N-dealkylation sites (tertiary alicyclic amines) is 1. The lowest BCUT2D eigenvalue weighted by Crippen LogP contribution is -2.54. The van der Waals surface area contributed by atoms with Crippen LogP contribution in [0.2, 0.25) is 0 Å². The molecular formula is C23H25ClFN3O2. The van der Waals surface area contributed by atoms with Crippen molar-refractivity contribution in [1.82, 2.24) is 9.88 Å². The maximum Gasteiger partial charge on any atom is 0.254 e. The Kier molecular flexibility index (Phi) is 6.29. The van der Waals surface area contributed by atoms with Crippen LogP contribution in [0, 0.1) is 11.2 Å². The number of piperidine rings is 1. The van der Waals surface area contributed by atoms with Crippen molar-refractivity contribution >= 4 is 18.3 Å². The minimum Gasteiger partial charge on any atom is -0.436 e. The van der Waals surface area contributed by atoms with Gasteiger partial charge < -0.3 is 15.1 Å². The first-order valence-corrected chi connectivity index (χ1v) is 9.72. The van der Waals surface area contributed by atoms with Gasteiger partial charge in [-0.3, -0.25) is 4.79 Å². The SMILES string of the molecule is CC1(C)CN(C(=O)c2ccccc2-c2ncc(-c3ccccc3F)o2)CCC1N.Cl. The first-order chi connectivity index (χ1) is 13.9. The van der Waals surface area contributed by atoms with Crippen LogP contribution in [0.1, 0.15) is 30.6 Å². The van der Waals surface area contributed by atoms with Gasteiger partial charge in [0.2, 0.25) is 5.89 Å². The average molecular weight is 430 g/mol. The Morgan fingerprint density at radius 2 is 1.83 bits per heavy atom. The summed E-state index contributed by atoms with van der Waals surface area (Å²) >= 11 is 0. The lowest BCUT2D eigenvalue weighted by atomic mass is 9.79. The zero-order chi connectivity index (χ0) is 20.6. The number of hydrogen-bond acceptors (Lipinski definition) is 4. The van der Waals surface area contributed by atoms with Crippen molar-refractivity contribution < 1.29 is 13.6 Å². The number of nitrogens with zero attached hydrogens (tertiary/aromatic N) is 2. The highest BCUT2D eigenvalue weighted by Crippen LogP contribution is 2.32. The van der Waals surface area contributed by atoms with E-state index in [9.17, 15) is 9.18 Å². The first-order valence-electron chi connectivity index (χ1n) is 9.72. The van der Waals surface area contributed by atoms with E-state index in [2.05, 4.69) is 18.8 Å². The second-order valence-corrected chi connectivity index (χ2v) is 8.17. The summed E-state index contributed by atoms with van der Waals surface area (Å²) in [5, 5.41) is 0.